The van der Waals surface area contributed by atoms with E-state index in [2.05, 4.69) is 61.2 Å². The third-order valence-electron chi connectivity index (χ3n) is 4.25. The molecule has 0 radical (unpaired) electrons. The van der Waals surface area contributed by atoms with E-state index in [-0.39, 0.29) is 24.4 Å². The molecule has 0 aliphatic rings. The monoisotopic (exact) mass is 353 g/mol. The Morgan fingerprint density at radius 3 is 2.15 bits per heavy atom. The zero-order valence-corrected chi connectivity index (χ0v) is 15.6. The quantitative estimate of drug-likeness (QED) is 0.670. The Morgan fingerprint density at radius 1 is 0.923 bits per heavy atom. The number of carbonyl (C=O) groups excluding carboxylic acids is 2. The molecule has 1 atom stereocenters. The SMILES string of the molecule is CCc1ccc([C@@H](NCC(=O)NNC(=O)c2ccccc2)C(C)C)cc1. The van der Waals surface area contributed by atoms with Crippen molar-refractivity contribution in [2.75, 3.05) is 6.54 Å². The summed E-state index contributed by atoms with van der Waals surface area (Å²) < 4.78 is 0. The van der Waals surface area contributed by atoms with Gasteiger partial charge in [-0.1, -0.05) is 63.2 Å². The third kappa shape index (κ3) is 5.70. The molecule has 0 bridgehead atoms. The van der Waals surface area contributed by atoms with Crippen LogP contribution in [0, 0.1) is 5.92 Å². The molecular formula is C21H27N3O2. The van der Waals surface area contributed by atoms with Crippen molar-refractivity contribution in [3.8, 4) is 0 Å². The minimum absolute atomic E-state index is 0.0662. The predicted molar refractivity (Wildman–Crippen MR) is 103 cm³/mol. The van der Waals surface area contributed by atoms with Crippen molar-refractivity contribution in [2.45, 2.75) is 33.2 Å². The van der Waals surface area contributed by atoms with Crippen LogP contribution in [0.15, 0.2) is 54.6 Å². The molecule has 2 amide bonds. The summed E-state index contributed by atoms with van der Waals surface area (Å²) in [5.41, 5.74) is 7.81. The van der Waals surface area contributed by atoms with Crippen molar-refractivity contribution in [3.63, 3.8) is 0 Å². The molecular weight excluding hydrogens is 326 g/mol. The van der Waals surface area contributed by atoms with Gasteiger partial charge in [-0.3, -0.25) is 20.4 Å². The van der Waals surface area contributed by atoms with Crippen LogP contribution in [-0.4, -0.2) is 18.4 Å². The summed E-state index contributed by atoms with van der Waals surface area (Å²) in [5.74, 6) is -0.297. The highest BCUT2D eigenvalue weighted by Gasteiger charge is 2.16. The lowest BCUT2D eigenvalue weighted by molar-refractivity contribution is -0.121. The maximum atomic E-state index is 12.0. The van der Waals surface area contributed by atoms with Gasteiger partial charge in [0.25, 0.3) is 11.8 Å². The molecule has 3 N–H and O–H groups in total. The first-order valence-electron chi connectivity index (χ1n) is 8.97. The molecule has 26 heavy (non-hydrogen) atoms. The zero-order chi connectivity index (χ0) is 18.9. The van der Waals surface area contributed by atoms with Gasteiger partial charge in [0.15, 0.2) is 0 Å². The van der Waals surface area contributed by atoms with Crippen LogP contribution in [0.2, 0.25) is 0 Å². The van der Waals surface area contributed by atoms with Gasteiger partial charge in [-0.15, -0.1) is 0 Å². The summed E-state index contributed by atoms with van der Waals surface area (Å²) in [6.07, 6.45) is 1.00. The molecule has 0 saturated heterocycles. The minimum atomic E-state index is -0.338. The van der Waals surface area contributed by atoms with E-state index in [9.17, 15) is 9.59 Å². The molecule has 0 aliphatic heterocycles. The Kier molecular flexibility index (Phi) is 7.36. The van der Waals surface area contributed by atoms with E-state index in [0.717, 1.165) is 12.0 Å². The van der Waals surface area contributed by atoms with Gasteiger partial charge in [0, 0.05) is 11.6 Å². The van der Waals surface area contributed by atoms with Crippen LogP contribution in [0.3, 0.4) is 0 Å². The number of aryl methyl sites for hydroxylation is 1. The van der Waals surface area contributed by atoms with Crippen molar-refractivity contribution in [2.24, 2.45) is 5.92 Å². The van der Waals surface area contributed by atoms with Crippen LogP contribution < -0.4 is 16.2 Å². The van der Waals surface area contributed by atoms with E-state index < -0.39 is 0 Å². The summed E-state index contributed by atoms with van der Waals surface area (Å²) in [7, 11) is 0. The Hall–Kier alpha value is -2.66. The average molecular weight is 353 g/mol. The molecule has 5 heteroatoms. The van der Waals surface area contributed by atoms with Gasteiger partial charge in [-0.05, 0) is 35.6 Å². The van der Waals surface area contributed by atoms with E-state index in [4.69, 9.17) is 0 Å². The minimum Gasteiger partial charge on any atom is -0.301 e. The standard InChI is InChI=1S/C21H27N3O2/c1-4-16-10-12-17(13-11-16)20(15(2)3)22-14-19(25)23-24-21(26)18-8-6-5-7-9-18/h5-13,15,20,22H,4,14H2,1-3H3,(H,23,25)(H,24,26)/t20-/m0/s1. The molecule has 0 fully saturated rings. The lowest BCUT2D eigenvalue weighted by atomic mass is 9.95. The summed E-state index contributed by atoms with van der Waals surface area (Å²) >= 11 is 0. The first-order valence-corrected chi connectivity index (χ1v) is 8.97. The normalized spacial score (nSPS) is 11.8. The second-order valence-electron chi connectivity index (χ2n) is 6.57. The highest BCUT2D eigenvalue weighted by atomic mass is 16.2. The molecule has 0 aliphatic carbocycles. The Labute approximate surface area is 155 Å². The first-order chi connectivity index (χ1) is 12.5. The number of nitrogens with one attached hydrogen (secondary N) is 3. The Morgan fingerprint density at radius 2 is 1.58 bits per heavy atom. The largest absolute Gasteiger partial charge is 0.301 e. The van der Waals surface area contributed by atoms with Crippen LogP contribution in [-0.2, 0) is 11.2 Å². The van der Waals surface area contributed by atoms with Gasteiger partial charge in [0.05, 0.1) is 6.54 Å². The van der Waals surface area contributed by atoms with E-state index in [0.29, 0.717) is 11.5 Å². The smallest absolute Gasteiger partial charge is 0.269 e. The highest BCUT2D eigenvalue weighted by molar-refractivity contribution is 5.95. The average Bonchev–Trinajstić information content (AvgIpc) is 2.67. The predicted octanol–water partition coefficient (Wildman–Crippen LogP) is 3.00. The summed E-state index contributed by atoms with van der Waals surface area (Å²) in [6.45, 7) is 6.47. The number of amides is 2. The number of hydrogen-bond acceptors (Lipinski definition) is 3. The number of hydrazine groups is 1. The molecule has 0 unspecified atom stereocenters. The Balaban J connectivity index is 1.86. The second-order valence-corrected chi connectivity index (χ2v) is 6.57. The maximum Gasteiger partial charge on any atom is 0.269 e. The lowest BCUT2D eigenvalue weighted by Gasteiger charge is -2.23. The van der Waals surface area contributed by atoms with E-state index in [1.807, 2.05) is 6.07 Å². The van der Waals surface area contributed by atoms with Crippen LogP contribution in [0.25, 0.3) is 0 Å². The van der Waals surface area contributed by atoms with Crippen molar-refractivity contribution >= 4 is 11.8 Å². The third-order valence-corrected chi connectivity index (χ3v) is 4.25. The number of carbonyl (C=O) groups is 2. The second kappa shape index (κ2) is 9.73. The molecule has 0 aromatic heterocycles. The molecule has 0 heterocycles. The highest BCUT2D eigenvalue weighted by Crippen LogP contribution is 2.21. The van der Waals surface area contributed by atoms with Gasteiger partial charge >= 0.3 is 0 Å². The number of hydrogen-bond donors (Lipinski definition) is 3. The van der Waals surface area contributed by atoms with Crippen molar-refractivity contribution < 1.29 is 9.59 Å². The van der Waals surface area contributed by atoms with Crippen LogP contribution in [0.5, 0.6) is 0 Å². The van der Waals surface area contributed by atoms with Crippen molar-refractivity contribution in [1.82, 2.24) is 16.2 Å². The fourth-order valence-corrected chi connectivity index (χ4v) is 2.73. The molecule has 2 rings (SSSR count). The van der Waals surface area contributed by atoms with Crippen molar-refractivity contribution in [1.29, 1.82) is 0 Å². The van der Waals surface area contributed by atoms with E-state index in [1.54, 1.807) is 24.3 Å². The van der Waals surface area contributed by atoms with Crippen LogP contribution >= 0.6 is 0 Å². The summed E-state index contributed by atoms with van der Waals surface area (Å²) in [4.78, 5) is 24.0. The van der Waals surface area contributed by atoms with Gasteiger partial charge in [0.2, 0.25) is 0 Å². The van der Waals surface area contributed by atoms with E-state index >= 15 is 0 Å². The molecule has 0 saturated carbocycles. The van der Waals surface area contributed by atoms with Crippen LogP contribution in [0.1, 0.15) is 48.3 Å². The lowest BCUT2D eigenvalue weighted by Crippen LogP contribution is -2.46. The molecule has 0 spiro atoms. The summed E-state index contributed by atoms with van der Waals surface area (Å²) in [6, 6.07) is 17.3. The maximum absolute atomic E-state index is 12.0. The topological polar surface area (TPSA) is 70.2 Å². The van der Waals surface area contributed by atoms with Gasteiger partial charge in [0.1, 0.15) is 0 Å². The summed E-state index contributed by atoms with van der Waals surface area (Å²) in [5, 5.41) is 3.27. The fraction of sp³-hybridized carbons (Fsp3) is 0.333. The van der Waals surface area contributed by atoms with E-state index in [1.165, 1.54) is 5.56 Å². The van der Waals surface area contributed by atoms with Crippen molar-refractivity contribution in [3.05, 3.63) is 71.3 Å². The first kappa shape index (κ1) is 19.7. The van der Waals surface area contributed by atoms with Gasteiger partial charge in [-0.2, -0.15) is 0 Å². The number of rotatable bonds is 7. The molecule has 2 aromatic rings. The zero-order valence-electron chi connectivity index (χ0n) is 15.6. The molecule has 138 valence electrons. The fourth-order valence-electron chi connectivity index (χ4n) is 2.73. The van der Waals surface area contributed by atoms with Gasteiger partial charge < -0.3 is 5.32 Å². The van der Waals surface area contributed by atoms with Gasteiger partial charge in [-0.25, -0.2) is 0 Å². The van der Waals surface area contributed by atoms with Crippen LogP contribution in [0.4, 0.5) is 0 Å². The Bertz CT molecular complexity index is 712. The molecule has 2 aromatic carbocycles. The number of benzene rings is 2. The molecule has 5 nitrogen and oxygen atoms in total.